The van der Waals surface area contributed by atoms with Gasteiger partial charge in [0.2, 0.25) is 0 Å². The molecule has 162 valence electrons. The first kappa shape index (κ1) is 23.7. The Morgan fingerprint density at radius 3 is 2.62 bits per heavy atom. The highest BCUT2D eigenvalue weighted by Crippen LogP contribution is 2.57. The van der Waals surface area contributed by atoms with Gasteiger partial charge in [0.15, 0.2) is 11.5 Å². The number of halogens is 1. The molecule has 1 aliphatic heterocycles. The topological polar surface area (TPSA) is 142 Å². The van der Waals surface area contributed by atoms with Crippen LogP contribution in [0.2, 0.25) is 0 Å². The van der Waals surface area contributed by atoms with Crippen molar-refractivity contribution >= 4 is 7.60 Å². The van der Waals surface area contributed by atoms with Gasteiger partial charge in [-0.25, -0.2) is 14.2 Å². The lowest BCUT2D eigenvalue weighted by molar-refractivity contribution is -0.0522. The molecule has 2 rings (SSSR count). The highest BCUT2D eigenvalue weighted by atomic mass is 31.2. The highest BCUT2D eigenvalue weighted by Gasteiger charge is 2.50. The van der Waals surface area contributed by atoms with E-state index in [1.165, 1.54) is 6.92 Å². The quantitative estimate of drug-likeness (QED) is 0.374. The fourth-order valence-electron chi connectivity index (χ4n) is 2.96. The fourth-order valence-corrected chi connectivity index (χ4v) is 3.99. The molecule has 0 spiro atoms. The number of terminal acetylenes is 1. The summed E-state index contributed by atoms with van der Waals surface area (Å²) >= 11 is 0. The molecule has 2 heterocycles. The third kappa shape index (κ3) is 4.94. The van der Waals surface area contributed by atoms with Crippen LogP contribution in [0.1, 0.15) is 57.9 Å². The molecular weight excluding hydrogens is 406 g/mol. The van der Waals surface area contributed by atoms with E-state index in [1.54, 1.807) is 6.92 Å². The van der Waals surface area contributed by atoms with Crippen LogP contribution in [-0.4, -0.2) is 54.4 Å². The van der Waals surface area contributed by atoms with Gasteiger partial charge in [-0.05, 0) is 27.2 Å². The van der Waals surface area contributed by atoms with Crippen molar-refractivity contribution in [2.24, 2.45) is 0 Å². The summed E-state index contributed by atoms with van der Waals surface area (Å²) in [6, 6.07) is 0. The Morgan fingerprint density at radius 2 is 2.10 bits per heavy atom. The molecule has 9 nitrogen and oxygen atoms in total. The lowest BCUT2D eigenvalue weighted by atomic mass is 9.92. The van der Waals surface area contributed by atoms with E-state index in [-0.39, 0.29) is 24.1 Å². The van der Waals surface area contributed by atoms with Crippen LogP contribution < -0.4 is 5.69 Å². The molecule has 0 amide bonds. The summed E-state index contributed by atoms with van der Waals surface area (Å²) in [6.45, 7) is 5.47. The van der Waals surface area contributed by atoms with Gasteiger partial charge in [-0.1, -0.05) is 12.8 Å². The van der Waals surface area contributed by atoms with Crippen LogP contribution in [0, 0.1) is 12.3 Å². The van der Waals surface area contributed by atoms with Crippen molar-refractivity contribution in [3.63, 3.8) is 0 Å². The number of nitrogens with one attached hydrogen (secondary N) is 1. The Labute approximate surface area is 167 Å². The van der Waals surface area contributed by atoms with Crippen LogP contribution in [0.4, 0.5) is 4.39 Å². The van der Waals surface area contributed by atoms with E-state index < -0.39 is 48.7 Å². The van der Waals surface area contributed by atoms with Crippen LogP contribution in [0.3, 0.4) is 0 Å². The van der Waals surface area contributed by atoms with E-state index in [2.05, 4.69) is 15.9 Å². The second kappa shape index (κ2) is 8.26. The lowest BCUT2D eigenvalue weighted by Crippen LogP contribution is -2.39. The van der Waals surface area contributed by atoms with E-state index in [1.807, 2.05) is 0 Å². The summed E-state index contributed by atoms with van der Waals surface area (Å²) in [5.74, 6) is 2.22. The molecule has 0 aliphatic carbocycles. The minimum atomic E-state index is -4.45. The molecule has 0 bridgehead atoms. The highest BCUT2D eigenvalue weighted by molar-refractivity contribution is 7.54. The second-order valence-corrected chi connectivity index (χ2v) is 10.1. The van der Waals surface area contributed by atoms with Crippen molar-refractivity contribution in [3.05, 3.63) is 27.9 Å². The van der Waals surface area contributed by atoms with Gasteiger partial charge in [-0.15, -0.1) is 6.42 Å². The SMILES string of the molecule is C#Cc1[nH]c(=O)ncc1C1OC(CC(C)(CC)OP(=O)(O)C(C)(C)O)C(O)C1F. The molecule has 1 saturated heterocycles. The van der Waals surface area contributed by atoms with Gasteiger partial charge >= 0.3 is 13.3 Å². The first-order chi connectivity index (χ1) is 13.2. The number of H-pyrrole nitrogens is 1. The first-order valence-electron chi connectivity index (χ1n) is 9.04. The monoisotopic (exact) mass is 432 g/mol. The third-order valence-electron chi connectivity index (χ3n) is 5.03. The summed E-state index contributed by atoms with van der Waals surface area (Å²) in [5.41, 5.74) is -1.92. The number of aromatic amines is 1. The van der Waals surface area contributed by atoms with Crippen molar-refractivity contribution < 1.29 is 33.3 Å². The normalized spacial score (nSPS) is 29.1. The molecule has 6 unspecified atom stereocenters. The van der Waals surface area contributed by atoms with Crippen LogP contribution >= 0.6 is 7.60 Å². The molecule has 1 aromatic heterocycles. The Morgan fingerprint density at radius 1 is 1.48 bits per heavy atom. The van der Waals surface area contributed by atoms with Gasteiger partial charge in [0.25, 0.3) is 0 Å². The van der Waals surface area contributed by atoms with E-state index in [4.69, 9.17) is 15.7 Å². The zero-order valence-electron chi connectivity index (χ0n) is 16.6. The average molecular weight is 432 g/mol. The number of aromatic nitrogens is 2. The minimum absolute atomic E-state index is 0.0121. The van der Waals surface area contributed by atoms with Crippen LogP contribution in [-0.2, 0) is 13.8 Å². The van der Waals surface area contributed by atoms with Crippen molar-refractivity contribution in [1.82, 2.24) is 9.97 Å². The number of ether oxygens (including phenoxy) is 1. The standard InChI is InChI=1S/C18H26FN2O7P/c1-6-11-10(9-20-16(23)21-11)15-13(19)14(22)12(27-15)8-18(5,7-2)28-29(25,26)17(3,4)24/h1,9,12-15,22,24H,7-8H2,2-5H3,(H,25,26)(H,20,21,23). The maximum atomic E-state index is 14.8. The van der Waals surface area contributed by atoms with Crippen molar-refractivity contribution in [2.45, 2.75) is 76.0 Å². The van der Waals surface area contributed by atoms with Crippen molar-refractivity contribution in [2.75, 3.05) is 0 Å². The number of rotatable bonds is 7. The molecule has 6 atom stereocenters. The second-order valence-electron chi connectivity index (χ2n) is 7.81. The number of hydrogen-bond acceptors (Lipinski definition) is 7. The Bertz CT molecular complexity index is 893. The zero-order chi connectivity index (χ0) is 22.2. The number of aliphatic hydroxyl groups excluding tert-OH is 1. The van der Waals surface area contributed by atoms with Gasteiger partial charge < -0.3 is 24.4 Å². The molecule has 1 fully saturated rings. The molecule has 11 heteroatoms. The van der Waals surface area contributed by atoms with Crippen molar-refractivity contribution in [3.8, 4) is 12.3 Å². The molecule has 4 N–H and O–H groups in total. The average Bonchev–Trinajstić information content (AvgIpc) is 2.88. The van der Waals surface area contributed by atoms with E-state index >= 15 is 0 Å². The predicted molar refractivity (Wildman–Crippen MR) is 102 cm³/mol. The van der Waals surface area contributed by atoms with Gasteiger partial charge in [0, 0.05) is 18.2 Å². The molecule has 0 aromatic carbocycles. The largest absolute Gasteiger partial charge is 0.387 e. The first-order valence-corrected chi connectivity index (χ1v) is 10.6. The summed E-state index contributed by atoms with van der Waals surface area (Å²) in [4.78, 5) is 27.2. The maximum absolute atomic E-state index is 14.8. The summed E-state index contributed by atoms with van der Waals surface area (Å²) in [7, 11) is -4.45. The van der Waals surface area contributed by atoms with Crippen LogP contribution in [0.5, 0.6) is 0 Å². The maximum Gasteiger partial charge on any atom is 0.359 e. The number of nitrogens with zero attached hydrogens (tertiary/aromatic N) is 1. The fraction of sp³-hybridized carbons (Fsp3) is 0.667. The molecular formula is C18H26FN2O7P. The summed E-state index contributed by atoms with van der Waals surface area (Å²) < 4.78 is 38.2. The van der Waals surface area contributed by atoms with E-state index in [0.717, 1.165) is 20.0 Å². The van der Waals surface area contributed by atoms with E-state index in [0.29, 0.717) is 0 Å². The number of aliphatic hydroxyl groups is 2. The molecule has 1 aliphatic rings. The Balaban J connectivity index is 2.27. The van der Waals surface area contributed by atoms with Gasteiger partial charge in [0.1, 0.15) is 17.9 Å². The number of alkyl halides is 1. The minimum Gasteiger partial charge on any atom is -0.387 e. The molecule has 1 aromatic rings. The predicted octanol–water partition coefficient (Wildman–Crippen LogP) is 1.38. The number of hydrogen-bond donors (Lipinski definition) is 4. The molecule has 0 radical (unpaired) electrons. The summed E-state index contributed by atoms with van der Waals surface area (Å²) in [6.07, 6.45) is 0.676. The van der Waals surface area contributed by atoms with Crippen LogP contribution in [0.25, 0.3) is 0 Å². The summed E-state index contributed by atoms with van der Waals surface area (Å²) in [5, 5.41) is 18.2. The van der Waals surface area contributed by atoms with Gasteiger partial charge in [-0.3, -0.25) is 9.55 Å². The smallest absolute Gasteiger partial charge is 0.359 e. The molecule has 0 saturated carbocycles. The Hall–Kier alpha value is -1.60. The Kier molecular flexibility index (Phi) is 6.75. The zero-order valence-corrected chi connectivity index (χ0v) is 17.5. The lowest BCUT2D eigenvalue weighted by Gasteiger charge is -2.36. The third-order valence-corrected chi connectivity index (χ3v) is 7.10. The van der Waals surface area contributed by atoms with E-state index in [9.17, 15) is 28.9 Å². The van der Waals surface area contributed by atoms with Crippen LogP contribution in [0.15, 0.2) is 11.0 Å². The molecule has 29 heavy (non-hydrogen) atoms. The van der Waals surface area contributed by atoms with Gasteiger partial charge in [-0.2, -0.15) is 0 Å². The van der Waals surface area contributed by atoms with Crippen molar-refractivity contribution in [1.29, 1.82) is 0 Å². The van der Waals surface area contributed by atoms with Gasteiger partial charge in [0.05, 0.1) is 11.7 Å².